The first-order valence-corrected chi connectivity index (χ1v) is 6.34. The van der Waals surface area contributed by atoms with E-state index in [2.05, 4.69) is 19.9 Å². The lowest BCUT2D eigenvalue weighted by Crippen LogP contribution is -2.31. The molecule has 0 N–H and O–H groups in total. The summed E-state index contributed by atoms with van der Waals surface area (Å²) in [5, 5.41) is 0. The molecule has 4 nitrogen and oxygen atoms in total. The highest BCUT2D eigenvalue weighted by Gasteiger charge is 2.18. The largest absolute Gasteiger partial charge is 0.294 e. The molecule has 0 fully saturated rings. The van der Waals surface area contributed by atoms with Crippen molar-refractivity contribution in [3.63, 3.8) is 0 Å². The number of hydrogen-bond donors (Lipinski definition) is 0. The Morgan fingerprint density at radius 3 is 3.11 bits per heavy atom. The molecule has 0 aliphatic carbocycles. The van der Waals surface area contributed by atoms with Crippen molar-refractivity contribution in [3.05, 3.63) is 53.1 Å². The molecule has 0 spiro atoms. The van der Waals surface area contributed by atoms with Crippen molar-refractivity contribution in [3.8, 4) is 0 Å². The lowest BCUT2D eigenvalue weighted by Gasteiger charge is -2.27. The second kappa shape index (κ2) is 5.01. The van der Waals surface area contributed by atoms with Gasteiger partial charge in [0.05, 0.1) is 6.20 Å². The zero-order chi connectivity index (χ0) is 13.2. The van der Waals surface area contributed by atoms with Crippen LogP contribution in [-0.2, 0) is 19.5 Å². The van der Waals surface area contributed by atoms with Crippen LogP contribution < -0.4 is 0 Å². The zero-order valence-electron chi connectivity index (χ0n) is 10.8. The number of aryl methyl sites for hydroxylation is 1. The number of fused-ring (bicyclic) bond motifs is 1. The Kier molecular flexibility index (Phi) is 3.21. The first kappa shape index (κ1) is 12.2. The number of aromatic nitrogens is 3. The fourth-order valence-corrected chi connectivity index (χ4v) is 2.38. The number of pyridine rings is 1. The van der Waals surface area contributed by atoms with Crippen molar-refractivity contribution in [1.29, 1.82) is 0 Å². The Morgan fingerprint density at radius 2 is 2.26 bits per heavy atom. The van der Waals surface area contributed by atoms with Gasteiger partial charge in [-0.2, -0.15) is 0 Å². The van der Waals surface area contributed by atoms with Crippen LogP contribution in [0.1, 0.15) is 22.6 Å². The van der Waals surface area contributed by atoms with E-state index in [1.165, 1.54) is 6.20 Å². The van der Waals surface area contributed by atoms with E-state index in [0.717, 1.165) is 36.6 Å². The van der Waals surface area contributed by atoms with E-state index < -0.39 is 0 Å². The number of rotatable bonds is 2. The molecular weight excluding hydrogens is 243 g/mol. The summed E-state index contributed by atoms with van der Waals surface area (Å²) in [6.07, 6.45) is 5.67. The van der Waals surface area contributed by atoms with Crippen LogP contribution in [0, 0.1) is 12.7 Å². The maximum Gasteiger partial charge on any atom is 0.145 e. The Labute approximate surface area is 111 Å². The van der Waals surface area contributed by atoms with Crippen molar-refractivity contribution in [2.24, 2.45) is 0 Å². The second-order valence-electron chi connectivity index (χ2n) is 4.82. The third-order valence-corrected chi connectivity index (χ3v) is 3.38. The minimum Gasteiger partial charge on any atom is -0.294 e. The summed E-state index contributed by atoms with van der Waals surface area (Å²) in [6.45, 7) is 4.17. The Balaban J connectivity index is 1.76. The van der Waals surface area contributed by atoms with Crippen LogP contribution in [0.3, 0.4) is 0 Å². The van der Waals surface area contributed by atoms with Crippen molar-refractivity contribution in [2.45, 2.75) is 26.4 Å². The summed E-state index contributed by atoms with van der Waals surface area (Å²) in [6, 6.07) is 1.73. The van der Waals surface area contributed by atoms with Crippen LogP contribution in [0.2, 0.25) is 0 Å². The van der Waals surface area contributed by atoms with E-state index in [-0.39, 0.29) is 5.82 Å². The van der Waals surface area contributed by atoms with E-state index in [0.29, 0.717) is 12.1 Å². The average Bonchev–Trinajstić information content (AvgIpc) is 2.41. The molecule has 0 atom stereocenters. The first-order chi connectivity index (χ1) is 9.22. The van der Waals surface area contributed by atoms with Gasteiger partial charge >= 0.3 is 0 Å². The second-order valence-corrected chi connectivity index (χ2v) is 4.82. The smallest absolute Gasteiger partial charge is 0.145 e. The van der Waals surface area contributed by atoms with E-state index >= 15 is 0 Å². The fourth-order valence-electron chi connectivity index (χ4n) is 2.38. The van der Waals surface area contributed by atoms with Gasteiger partial charge in [0.25, 0.3) is 0 Å². The van der Waals surface area contributed by atoms with Gasteiger partial charge in [0.1, 0.15) is 11.6 Å². The molecule has 2 aromatic rings. The van der Waals surface area contributed by atoms with Crippen LogP contribution in [0.5, 0.6) is 0 Å². The molecule has 0 aromatic carbocycles. The Morgan fingerprint density at radius 1 is 1.37 bits per heavy atom. The summed E-state index contributed by atoms with van der Waals surface area (Å²) in [4.78, 5) is 14.7. The van der Waals surface area contributed by atoms with Gasteiger partial charge in [-0.1, -0.05) is 0 Å². The maximum absolute atomic E-state index is 13.6. The third-order valence-electron chi connectivity index (χ3n) is 3.38. The normalized spacial score (nSPS) is 15.3. The van der Waals surface area contributed by atoms with Crippen molar-refractivity contribution in [1.82, 2.24) is 19.9 Å². The molecule has 2 aromatic heterocycles. The molecule has 0 saturated heterocycles. The molecule has 0 bridgehead atoms. The van der Waals surface area contributed by atoms with E-state index in [9.17, 15) is 4.39 Å². The number of hydrogen-bond acceptors (Lipinski definition) is 4. The molecular formula is C14H15FN4. The molecule has 0 unspecified atom stereocenters. The van der Waals surface area contributed by atoms with E-state index in [4.69, 9.17) is 0 Å². The van der Waals surface area contributed by atoms with Crippen molar-refractivity contribution in [2.75, 3.05) is 6.54 Å². The molecule has 1 aliphatic heterocycles. The topological polar surface area (TPSA) is 41.9 Å². The summed E-state index contributed by atoms with van der Waals surface area (Å²) in [7, 11) is 0. The van der Waals surface area contributed by atoms with Gasteiger partial charge in [0.2, 0.25) is 0 Å². The van der Waals surface area contributed by atoms with Gasteiger partial charge in [-0.15, -0.1) is 0 Å². The van der Waals surface area contributed by atoms with Crippen LogP contribution in [-0.4, -0.2) is 26.4 Å². The molecule has 0 radical (unpaired) electrons. The minimum atomic E-state index is -0.242. The fraction of sp³-hybridized carbons (Fsp3) is 0.357. The lowest BCUT2D eigenvalue weighted by atomic mass is 10.1. The number of nitrogens with zero attached hydrogens (tertiary/aromatic N) is 4. The van der Waals surface area contributed by atoms with Gasteiger partial charge in [0.15, 0.2) is 0 Å². The highest BCUT2D eigenvalue weighted by atomic mass is 19.1. The van der Waals surface area contributed by atoms with Crippen LogP contribution in [0.15, 0.2) is 24.7 Å². The Hall–Kier alpha value is -1.88. The minimum absolute atomic E-state index is 0.242. The predicted molar refractivity (Wildman–Crippen MR) is 68.8 cm³/mol. The summed E-state index contributed by atoms with van der Waals surface area (Å²) >= 11 is 0. The molecule has 98 valence electrons. The molecule has 19 heavy (non-hydrogen) atoms. The summed E-state index contributed by atoms with van der Waals surface area (Å²) < 4.78 is 13.6. The third kappa shape index (κ3) is 2.61. The van der Waals surface area contributed by atoms with Gasteiger partial charge < -0.3 is 0 Å². The average molecular weight is 258 g/mol. The molecule has 5 heteroatoms. The SMILES string of the molecule is Cc1ncc2c(n1)CCN(Cc1ccncc1F)C2. The lowest BCUT2D eigenvalue weighted by molar-refractivity contribution is 0.239. The summed E-state index contributed by atoms with van der Waals surface area (Å²) in [5.74, 6) is 0.570. The van der Waals surface area contributed by atoms with Crippen LogP contribution >= 0.6 is 0 Å². The molecule has 1 aliphatic rings. The highest BCUT2D eigenvalue weighted by molar-refractivity contribution is 5.21. The van der Waals surface area contributed by atoms with Crippen molar-refractivity contribution < 1.29 is 4.39 Å². The highest BCUT2D eigenvalue weighted by Crippen LogP contribution is 2.19. The zero-order valence-corrected chi connectivity index (χ0v) is 10.8. The van der Waals surface area contributed by atoms with E-state index in [1.54, 1.807) is 12.3 Å². The predicted octanol–water partition coefficient (Wildman–Crippen LogP) is 1.88. The van der Waals surface area contributed by atoms with Crippen LogP contribution in [0.4, 0.5) is 4.39 Å². The molecule has 0 amide bonds. The molecule has 0 saturated carbocycles. The standard InChI is InChI=1S/C14H15FN4/c1-10-17-6-12-9-19(5-3-14(12)18-10)8-11-2-4-16-7-13(11)15/h2,4,6-7H,3,5,8-9H2,1H3. The maximum atomic E-state index is 13.6. The van der Waals surface area contributed by atoms with Crippen LogP contribution in [0.25, 0.3) is 0 Å². The van der Waals surface area contributed by atoms with Gasteiger partial charge in [-0.3, -0.25) is 9.88 Å². The monoisotopic (exact) mass is 258 g/mol. The van der Waals surface area contributed by atoms with E-state index in [1.807, 2.05) is 13.1 Å². The summed E-state index contributed by atoms with van der Waals surface area (Å²) in [5.41, 5.74) is 2.96. The quantitative estimate of drug-likeness (QED) is 0.824. The van der Waals surface area contributed by atoms with Gasteiger partial charge in [0, 0.05) is 55.3 Å². The first-order valence-electron chi connectivity index (χ1n) is 6.34. The van der Waals surface area contributed by atoms with Gasteiger partial charge in [-0.05, 0) is 13.0 Å². The molecule has 3 rings (SSSR count). The molecule has 3 heterocycles. The Bertz CT molecular complexity index is 600. The van der Waals surface area contributed by atoms with Gasteiger partial charge in [-0.25, -0.2) is 14.4 Å². The van der Waals surface area contributed by atoms with Crippen molar-refractivity contribution >= 4 is 0 Å². The number of halogens is 1.